The fraction of sp³-hybridized carbons (Fsp3) is 0.467. The standard InChI is InChI=1S/C15H20N2O3/c1-5-19-13(9(2)3)14-16-15(20-17-14)11-7-6-10(4)8-12(11)18/h6-9,13,18H,5H2,1-4H3. The third-order valence-corrected chi connectivity index (χ3v) is 3.03. The Labute approximate surface area is 118 Å². The minimum absolute atomic E-state index is 0.137. The maximum Gasteiger partial charge on any atom is 0.261 e. The van der Waals surface area contributed by atoms with E-state index in [-0.39, 0.29) is 17.8 Å². The molecule has 1 aromatic heterocycles. The second kappa shape index (κ2) is 6.05. The van der Waals surface area contributed by atoms with Gasteiger partial charge in [0.15, 0.2) is 0 Å². The van der Waals surface area contributed by atoms with Crippen LogP contribution < -0.4 is 0 Å². The van der Waals surface area contributed by atoms with E-state index < -0.39 is 0 Å². The highest BCUT2D eigenvalue weighted by Gasteiger charge is 2.23. The molecule has 0 saturated heterocycles. The highest BCUT2D eigenvalue weighted by atomic mass is 16.5. The smallest absolute Gasteiger partial charge is 0.261 e. The van der Waals surface area contributed by atoms with Crippen molar-refractivity contribution >= 4 is 0 Å². The average Bonchev–Trinajstić information content (AvgIpc) is 2.84. The van der Waals surface area contributed by atoms with Gasteiger partial charge in [-0.3, -0.25) is 0 Å². The third kappa shape index (κ3) is 2.99. The molecular weight excluding hydrogens is 256 g/mol. The lowest BCUT2D eigenvalue weighted by Crippen LogP contribution is -2.12. The molecule has 5 heteroatoms. The van der Waals surface area contributed by atoms with Gasteiger partial charge in [-0.15, -0.1) is 0 Å². The Morgan fingerprint density at radius 2 is 2.10 bits per heavy atom. The molecule has 108 valence electrons. The van der Waals surface area contributed by atoms with Crippen LogP contribution in [0.3, 0.4) is 0 Å². The number of phenols is 1. The Balaban J connectivity index is 2.32. The first-order valence-electron chi connectivity index (χ1n) is 6.78. The van der Waals surface area contributed by atoms with Crippen molar-refractivity contribution in [2.45, 2.75) is 33.8 Å². The molecule has 2 aromatic rings. The van der Waals surface area contributed by atoms with Gasteiger partial charge in [-0.05, 0) is 37.5 Å². The maximum absolute atomic E-state index is 9.95. The summed E-state index contributed by atoms with van der Waals surface area (Å²) in [5.74, 6) is 1.20. The predicted molar refractivity (Wildman–Crippen MR) is 75.3 cm³/mol. The minimum Gasteiger partial charge on any atom is -0.507 e. The van der Waals surface area contributed by atoms with E-state index in [9.17, 15) is 5.11 Å². The zero-order chi connectivity index (χ0) is 14.7. The fourth-order valence-corrected chi connectivity index (χ4v) is 2.03. The Morgan fingerprint density at radius 3 is 2.70 bits per heavy atom. The van der Waals surface area contributed by atoms with Gasteiger partial charge in [-0.1, -0.05) is 25.1 Å². The summed E-state index contributed by atoms with van der Waals surface area (Å²) < 4.78 is 10.9. The molecule has 1 heterocycles. The zero-order valence-electron chi connectivity index (χ0n) is 12.3. The minimum atomic E-state index is -0.204. The Bertz CT molecular complexity index is 578. The lowest BCUT2D eigenvalue weighted by atomic mass is 10.1. The van der Waals surface area contributed by atoms with E-state index in [4.69, 9.17) is 9.26 Å². The fourth-order valence-electron chi connectivity index (χ4n) is 2.03. The number of aromatic hydroxyl groups is 1. The van der Waals surface area contributed by atoms with Crippen LogP contribution in [0.4, 0.5) is 0 Å². The molecule has 1 aromatic carbocycles. The molecule has 1 N–H and O–H groups in total. The van der Waals surface area contributed by atoms with E-state index in [1.807, 2.05) is 33.8 Å². The molecule has 0 radical (unpaired) electrons. The van der Waals surface area contributed by atoms with Crippen LogP contribution in [0.1, 0.15) is 38.3 Å². The van der Waals surface area contributed by atoms with Crippen molar-refractivity contribution in [2.75, 3.05) is 6.61 Å². The summed E-state index contributed by atoms with van der Waals surface area (Å²) in [5, 5.41) is 13.9. The van der Waals surface area contributed by atoms with Crippen molar-refractivity contribution < 1.29 is 14.4 Å². The van der Waals surface area contributed by atoms with Gasteiger partial charge in [0.05, 0.1) is 5.56 Å². The van der Waals surface area contributed by atoms with Crippen molar-refractivity contribution in [3.63, 3.8) is 0 Å². The van der Waals surface area contributed by atoms with E-state index in [1.165, 1.54) is 0 Å². The number of ether oxygens (including phenoxy) is 1. The van der Waals surface area contributed by atoms with Crippen LogP contribution in [0.2, 0.25) is 0 Å². The van der Waals surface area contributed by atoms with Crippen molar-refractivity contribution in [1.29, 1.82) is 0 Å². The highest BCUT2D eigenvalue weighted by Crippen LogP contribution is 2.31. The lowest BCUT2D eigenvalue weighted by molar-refractivity contribution is 0.0217. The van der Waals surface area contributed by atoms with Gasteiger partial charge in [0.1, 0.15) is 11.9 Å². The lowest BCUT2D eigenvalue weighted by Gasteiger charge is -2.16. The number of phenolic OH excluding ortho intramolecular Hbond substituents is 1. The molecule has 1 unspecified atom stereocenters. The van der Waals surface area contributed by atoms with E-state index in [1.54, 1.807) is 12.1 Å². The second-order valence-electron chi connectivity index (χ2n) is 5.10. The maximum atomic E-state index is 9.95. The summed E-state index contributed by atoms with van der Waals surface area (Å²) >= 11 is 0. The molecule has 0 bridgehead atoms. The second-order valence-corrected chi connectivity index (χ2v) is 5.10. The number of benzene rings is 1. The van der Waals surface area contributed by atoms with Crippen LogP contribution in [-0.4, -0.2) is 21.9 Å². The Hall–Kier alpha value is -1.88. The van der Waals surface area contributed by atoms with E-state index in [2.05, 4.69) is 10.1 Å². The largest absolute Gasteiger partial charge is 0.507 e. The molecule has 0 saturated carbocycles. The van der Waals surface area contributed by atoms with Crippen LogP contribution >= 0.6 is 0 Å². The van der Waals surface area contributed by atoms with Gasteiger partial charge >= 0.3 is 0 Å². The van der Waals surface area contributed by atoms with Crippen LogP contribution in [0, 0.1) is 12.8 Å². The van der Waals surface area contributed by atoms with Crippen molar-refractivity contribution in [2.24, 2.45) is 5.92 Å². The zero-order valence-corrected chi connectivity index (χ0v) is 12.3. The summed E-state index contributed by atoms with van der Waals surface area (Å²) in [5.41, 5.74) is 1.51. The first kappa shape index (κ1) is 14.5. The van der Waals surface area contributed by atoms with E-state index in [0.717, 1.165) is 5.56 Å². The van der Waals surface area contributed by atoms with Crippen LogP contribution in [0.5, 0.6) is 5.75 Å². The van der Waals surface area contributed by atoms with Gasteiger partial charge in [-0.2, -0.15) is 4.98 Å². The number of aryl methyl sites for hydroxylation is 1. The van der Waals surface area contributed by atoms with Gasteiger partial charge in [0.25, 0.3) is 5.89 Å². The highest BCUT2D eigenvalue weighted by molar-refractivity contribution is 5.62. The monoisotopic (exact) mass is 276 g/mol. The predicted octanol–water partition coefficient (Wildman–Crippen LogP) is 3.48. The molecule has 0 aliphatic heterocycles. The van der Waals surface area contributed by atoms with Gasteiger partial charge in [-0.25, -0.2) is 0 Å². The molecular formula is C15H20N2O3. The van der Waals surface area contributed by atoms with E-state index >= 15 is 0 Å². The molecule has 0 amide bonds. The first-order chi connectivity index (χ1) is 9.52. The normalized spacial score (nSPS) is 12.8. The topological polar surface area (TPSA) is 68.4 Å². The molecule has 0 aliphatic rings. The first-order valence-corrected chi connectivity index (χ1v) is 6.78. The van der Waals surface area contributed by atoms with Crippen molar-refractivity contribution in [1.82, 2.24) is 10.1 Å². The van der Waals surface area contributed by atoms with Gasteiger partial charge in [0.2, 0.25) is 5.82 Å². The summed E-state index contributed by atoms with van der Waals surface area (Å²) in [4.78, 5) is 4.35. The summed E-state index contributed by atoms with van der Waals surface area (Å²) in [6.45, 7) is 8.51. The van der Waals surface area contributed by atoms with Crippen molar-refractivity contribution in [3.8, 4) is 17.2 Å². The van der Waals surface area contributed by atoms with Crippen molar-refractivity contribution in [3.05, 3.63) is 29.6 Å². The molecule has 5 nitrogen and oxygen atoms in total. The molecule has 0 fully saturated rings. The third-order valence-electron chi connectivity index (χ3n) is 3.03. The van der Waals surface area contributed by atoms with Crippen LogP contribution in [0.15, 0.2) is 22.7 Å². The number of rotatable bonds is 5. The number of aromatic nitrogens is 2. The van der Waals surface area contributed by atoms with Gasteiger partial charge in [0, 0.05) is 6.61 Å². The molecule has 0 aliphatic carbocycles. The molecule has 2 rings (SSSR count). The number of hydrogen-bond donors (Lipinski definition) is 1. The molecule has 20 heavy (non-hydrogen) atoms. The average molecular weight is 276 g/mol. The van der Waals surface area contributed by atoms with Gasteiger partial charge < -0.3 is 14.4 Å². The van der Waals surface area contributed by atoms with E-state index in [0.29, 0.717) is 23.9 Å². The Kier molecular flexibility index (Phi) is 4.39. The van der Waals surface area contributed by atoms with Crippen LogP contribution in [-0.2, 0) is 4.74 Å². The SMILES string of the molecule is CCOC(c1noc(-c2ccc(C)cc2O)n1)C(C)C. The number of nitrogens with zero attached hydrogens (tertiary/aromatic N) is 2. The number of hydrogen-bond acceptors (Lipinski definition) is 5. The summed E-state index contributed by atoms with van der Waals surface area (Å²) in [6.07, 6.45) is -0.204. The summed E-state index contributed by atoms with van der Waals surface area (Å²) in [6, 6.07) is 5.33. The molecule has 0 spiro atoms. The quantitative estimate of drug-likeness (QED) is 0.905. The van der Waals surface area contributed by atoms with Crippen LogP contribution in [0.25, 0.3) is 11.5 Å². The molecule has 1 atom stereocenters. The summed E-state index contributed by atoms with van der Waals surface area (Å²) in [7, 11) is 0. The Morgan fingerprint density at radius 1 is 1.35 bits per heavy atom.